The van der Waals surface area contributed by atoms with E-state index in [1.807, 2.05) is 19.1 Å². The summed E-state index contributed by atoms with van der Waals surface area (Å²) in [4.78, 5) is 0.365. The van der Waals surface area contributed by atoms with Crippen molar-refractivity contribution >= 4 is 9.84 Å². The van der Waals surface area contributed by atoms with Crippen LogP contribution in [0.25, 0.3) is 0 Å². The van der Waals surface area contributed by atoms with Crippen LogP contribution in [-0.4, -0.2) is 20.7 Å². The Morgan fingerprint density at radius 1 is 0.875 bits per heavy atom. The van der Waals surface area contributed by atoms with E-state index in [1.165, 1.54) is 11.1 Å². The van der Waals surface area contributed by atoms with Crippen molar-refractivity contribution in [3.8, 4) is 0 Å². The second-order valence-corrected chi connectivity index (χ2v) is 11.9. The van der Waals surface area contributed by atoms with Crippen molar-refractivity contribution in [1.29, 1.82) is 0 Å². The molecule has 32 heavy (non-hydrogen) atoms. The number of nitrogens with two attached hydrogens (primary N) is 1. The first-order valence-corrected chi connectivity index (χ1v) is 13.5. The van der Waals surface area contributed by atoms with Crippen LogP contribution < -0.4 is 5.73 Å². The summed E-state index contributed by atoms with van der Waals surface area (Å²) in [5.41, 5.74) is 10.0. The van der Waals surface area contributed by atoms with Crippen LogP contribution in [0.4, 0.5) is 0 Å². The fourth-order valence-corrected chi connectivity index (χ4v) is 5.08. The highest BCUT2D eigenvalue weighted by molar-refractivity contribution is 7.91. The van der Waals surface area contributed by atoms with E-state index in [4.69, 9.17) is 5.73 Å². The SMILES string of the molecule is CCC(C)(CCC=C(C)C)/C(C)=C/CCC(C)(CN)/C(C)=C/CS(=O)(=O)c1ccccc1. The van der Waals surface area contributed by atoms with Crippen molar-refractivity contribution < 1.29 is 8.42 Å². The molecule has 0 aliphatic carbocycles. The third kappa shape index (κ3) is 8.37. The minimum Gasteiger partial charge on any atom is -0.330 e. The molecule has 1 aromatic rings. The van der Waals surface area contributed by atoms with Gasteiger partial charge in [-0.15, -0.1) is 0 Å². The lowest BCUT2D eigenvalue weighted by Gasteiger charge is -2.31. The summed E-state index contributed by atoms with van der Waals surface area (Å²) in [5, 5.41) is 0. The fourth-order valence-electron chi connectivity index (χ4n) is 3.85. The van der Waals surface area contributed by atoms with Crippen molar-refractivity contribution in [3.63, 3.8) is 0 Å². The number of allylic oxidation sites excluding steroid dienone is 4. The number of rotatable bonds is 13. The molecule has 0 amide bonds. The van der Waals surface area contributed by atoms with Gasteiger partial charge in [0.25, 0.3) is 0 Å². The third-order valence-corrected chi connectivity index (χ3v) is 8.84. The molecule has 3 nitrogen and oxygen atoms in total. The Hall–Kier alpha value is -1.65. The number of hydrogen-bond donors (Lipinski definition) is 1. The summed E-state index contributed by atoms with van der Waals surface area (Å²) in [7, 11) is -3.33. The van der Waals surface area contributed by atoms with Crippen LogP contribution in [-0.2, 0) is 9.84 Å². The van der Waals surface area contributed by atoms with Gasteiger partial charge in [0.1, 0.15) is 0 Å². The van der Waals surface area contributed by atoms with E-state index in [0.29, 0.717) is 11.4 Å². The summed E-state index contributed by atoms with van der Waals surface area (Å²) in [6, 6.07) is 8.64. The van der Waals surface area contributed by atoms with Gasteiger partial charge in [0.15, 0.2) is 9.84 Å². The average Bonchev–Trinajstić information content (AvgIpc) is 2.77. The number of hydrogen-bond acceptors (Lipinski definition) is 3. The molecule has 0 spiro atoms. The van der Waals surface area contributed by atoms with Crippen molar-refractivity contribution in [3.05, 3.63) is 65.3 Å². The minimum atomic E-state index is -3.33. The largest absolute Gasteiger partial charge is 0.330 e. The molecule has 4 heteroatoms. The van der Waals surface area contributed by atoms with Gasteiger partial charge in [-0.1, -0.05) is 73.9 Å². The minimum absolute atomic E-state index is 0.00553. The molecule has 2 unspecified atom stereocenters. The monoisotopic (exact) mass is 459 g/mol. The van der Waals surface area contributed by atoms with E-state index < -0.39 is 9.84 Å². The van der Waals surface area contributed by atoms with Gasteiger partial charge in [0.2, 0.25) is 0 Å². The Labute approximate surface area is 197 Å². The first kappa shape index (κ1) is 28.4. The molecule has 0 radical (unpaired) electrons. The van der Waals surface area contributed by atoms with Gasteiger partial charge in [0.05, 0.1) is 10.6 Å². The highest BCUT2D eigenvalue weighted by atomic mass is 32.2. The van der Waals surface area contributed by atoms with Gasteiger partial charge in [-0.3, -0.25) is 0 Å². The lowest BCUT2D eigenvalue weighted by atomic mass is 9.74. The molecule has 0 fully saturated rings. The predicted molar refractivity (Wildman–Crippen MR) is 139 cm³/mol. The normalized spacial score (nSPS) is 16.9. The number of benzene rings is 1. The Bertz CT molecular complexity index is 908. The molecule has 1 rings (SSSR count). The molecule has 1 aromatic carbocycles. The summed E-state index contributed by atoms with van der Waals surface area (Å²) >= 11 is 0. The molecular weight excluding hydrogens is 414 g/mol. The maximum Gasteiger partial charge on any atom is 0.181 e. The van der Waals surface area contributed by atoms with Crippen LogP contribution >= 0.6 is 0 Å². The zero-order valence-corrected chi connectivity index (χ0v) is 22.2. The fraction of sp³-hybridized carbons (Fsp3) is 0.571. The standard InChI is InChI=1S/C28H45NO2S/c1-8-27(6,19-12-14-23(2)3)24(4)15-13-20-28(7,22-29)25(5)18-21-32(30,31)26-16-10-9-11-17-26/h9-11,14-18H,8,12-13,19-22,29H2,1-7H3/b24-15+,25-18+. The molecule has 0 aliphatic heterocycles. The molecule has 0 bridgehead atoms. The van der Waals surface area contributed by atoms with Crippen LogP contribution in [0.2, 0.25) is 0 Å². The maximum atomic E-state index is 12.6. The molecule has 2 N–H and O–H groups in total. The van der Waals surface area contributed by atoms with Gasteiger partial charge in [-0.25, -0.2) is 8.42 Å². The zero-order valence-electron chi connectivity index (χ0n) is 21.4. The summed E-state index contributed by atoms with van der Waals surface area (Å²) in [5.74, 6) is 0.00553. The van der Waals surface area contributed by atoms with E-state index in [1.54, 1.807) is 24.3 Å². The topological polar surface area (TPSA) is 60.2 Å². The van der Waals surface area contributed by atoms with Gasteiger partial charge in [0, 0.05) is 12.0 Å². The molecule has 0 saturated heterocycles. The van der Waals surface area contributed by atoms with Gasteiger partial charge < -0.3 is 5.73 Å². The van der Waals surface area contributed by atoms with E-state index in [9.17, 15) is 8.42 Å². The van der Waals surface area contributed by atoms with Gasteiger partial charge in [-0.2, -0.15) is 0 Å². The van der Waals surface area contributed by atoms with E-state index in [2.05, 4.69) is 53.7 Å². The Kier molecular flexibility index (Phi) is 11.1. The molecule has 0 aromatic heterocycles. The Morgan fingerprint density at radius 3 is 1.94 bits per heavy atom. The second kappa shape index (κ2) is 12.6. The van der Waals surface area contributed by atoms with Crippen LogP contribution in [0.1, 0.15) is 80.6 Å². The van der Waals surface area contributed by atoms with Crippen LogP contribution in [0.15, 0.2) is 70.2 Å². The second-order valence-electron chi connectivity index (χ2n) is 9.91. The Balaban J connectivity index is 2.86. The molecule has 2 atom stereocenters. The third-order valence-electron chi connectivity index (χ3n) is 7.24. The maximum absolute atomic E-state index is 12.6. The first-order valence-electron chi connectivity index (χ1n) is 11.9. The zero-order chi connectivity index (χ0) is 24.4. The average molecular weight is 460 g/mol. The summed E-state index contributed by atoms with van der Waals surface area (Å²) in [6.07, 6.45) is 11.8. The van der Waals surface area contributed by atoms with E-state index >= 15 is 0 Å². The predicted octanol–water partition coefficient (Wildman–Crippen LogP) is 7.26. The lowest BCUT2D eigenvalue weighted by molar-refractivity contribution is 0.347. The lowest BCUT2D eigenvalue weighted by Crippen LogP contribution is -2.29. The molecule has 0 aliphatic rings. The highest BCUT2D eigenvalue weighted by Gasteiger charge is 2.26. The number of sulfone groups is 1. The van der Waals surface area contributed by atoms with Crippen LogP contribution in [0.3, 0.4) is 0 Å². The first-order chi connectivity index (χ1) is 14.9. The van der Waals surface area contributed by atoms with Crippen molar-refractivity contribution in [2.24, 2.45) is 16.6 Å². The molecule has 0 heterocycles. The molecule has 180 valence electrons. The summed E-state index contributed by atoms with van der Waals surface area (Å²) < 4.78 is 25.3. The quantitative estimate of drug-likeness (QED) is 0.316. The molecule has 0 saturated carbocycles. The van der Waals surface area contributed by atoms with Crippen molar-refractivity contribution in [2.75, 3.05) is 12.3 Å². The Morgan fingerprint density at radius 2 is 1.41 bits per heavy atom. The summed E-state index contributed by atoms with van der Waals surface area (Å²) in [6.45, 7) is 15.8. The van der Waals surface area contributed by atoms with Gasteiger partial charge in [-0.05, 0) is 77.3 Å². The van der Waals surface area contributed by atoms with Gasteiger partial charge >= 0.3 is 0 Å². The highest BCUT2D eigenvalue weighted by Crippen LogP contribution is 2.37. The van der Waals surface area contributed by atoms with Crippen LogP contribution in [0, 0.1) is 10.8 Å². The van der Waals surface area contributed by atoms with E-state index in [-0.39, 0.29) is 16.6 Å². The van der Waals surface area contributed by atoms with E-state index in [0.717, 1.165) is 37.7 Å². The smallest absolute Gasteiger partial charge is 0.181 e. The van der Waals surface area contributed by atoms with Crippen molar-refractivity contribution in [2.45, 2.75) is 85.5 Å². The van der Waals surface area contributed by atoms with Crippen LogP contribution in [0.5, 0.6) is 0 Å². The van der Waals surface area contributed by atoms with Crippen molar-refractivity contribution in [1.82, 2.24) is 0 Å². The molecular formula is C28H45NO2S.